The van der Waals surface area contributed by atoms with Gasteiger partial charge in [0.05, 0.1) is 5.75 Å². The number of halogens is 1. The Labute approximate surface area is 137 Å². The molecule has 0 fully saturated rings. The molecule has 0 aromatic heterocycles. The van der Waals surface area contributed by atoms with Gasteiger partial charge in [-0.05, 0) is 48.4 Å². The Balaban J connectivity index is 1.70. The summed E-state index contributed by atoms with van der Waals surface area (Å²) >= 11 is 4.04. The maximum absolute atomic E-state index is 10.6. The summed E-state index contributed by atoms with van der Waals surface area (Å²) in [4.78, 5) is 0. The van der Waals surface area contributed by atoms with Crippen LogP contribution < -0.4 is 9.47 Å². The van der Waals surface area contributed by atoms with E-state index in [9.17, 15) is 4.21 Å². The van der Waals surface area contributed by atoms with Crippen molar-refractivity contribution < 1.29 is 18.2 Å². The van der Waals surface area contributed by atoms with Crippen LogP contribution in [0.3, 0.4) is 0 Å². The highest BCUT2D eigenvalue weighted by Gasteiger charge is 1.99. The smallest absolute Gasteiger partial charge is 0.153 e. The normalized spacial score (nSPS) is 11.9. The second-order valence-electron chi connectivity index (χ2n) is 4.57. The first-order valence-electron chi connectivity index (χ1n) is 6.81. The van der Waals surface area contributed by atoms with E-state index in [2.05, 4.69) is 0 Å². The second-order valence-corrected chi connectivity index (χ2v) is 6.06. The lowest BCUT2D eigenvalue weighted by molar-refractivity contribution is 0.217. The minimum absolute atomic E-state index is 0.245. The molecule has 0 heterocycles. The highest BCUT2D eigenvalue weighted by molar-refractivity contribution is 7.79. The lowest BCUT2D eigenvalue weighted by atomic mass is 10.2. The van der Waals surface area contributed by atoms with Crippen molar-refractivity contribution in [2.45, 2.75) is 6.42 Å². The molecule has 0 saturated heterocycles. The Hall–Kier alpha value is -1.56. The van der Waals surface area contributed by atoms with Crippen LogP contribution in [0.15, 0.2) is 48.5 Å². The van der Waals surface area contributed by atoms with Crippen molar-refractivity contribution in [3.63, 3.8) is 0 Å². The summed E-state index contributed by atoms with van der Waals surface area (Å²) in [6, 6.07) is 14.6. The third kappa shape index (κ3) is 6.05. The molecule has 118 valence electrons. The molecule has 0 bridgehead atoms. The fourth-order valence-electron chi connectivity index (χ4n) is 1.81. The summed E-state index contributed by atoms with van der Waals surface area (Å²) in [5.41, 5.74) is 1.01. The maximum atomic E-state index is 10.6. The SMILES string of the molecule is O=S(O)CCc1ccc(OCCOc2ccc(Cl)cc2)cc1. The van der Waals surface area contributed by atoms with Crippen LogP contribution in [0.25, 0.3) is 0 Å². The van der Waals surface area contributed by atoms with E-state index >= 15 is 0 Å². The van der Waals surface area contributed by atoms with Crippen molar-refractivity contribution in [2.24, 2.45) is 0 Å². The molecular weight excluding hydrogens is 324 g/mol. The summed E-state index contributed by atoms with van der Waals surface area (Å²) in [5.74, 6) is 1.74. The molecule has 6 heteroatoms. The molecule has 0 aliphatic rings. The fraction of sp³-hybridized carbons (Fsp3) is 0.250. The number of rotatable bonds is 8. The van der Waals surface area contributed by atoms with Crippen molar-refractivity contribution in [2.75, 3.05) is 19.0 Å². The van der Waals surface area contributed by atoms with Crippen LogP contribution in [0.4, 0.5) is 0 Å². The van der Waals surface area contributed by atoms with E-state index in [1.54, 1.807) is 12.1 Å². The minimum atomic E-state index is -1.75. The highest BCUT2D eigenvalue weighted by atomic mass is 35.5. The molecule has 1 unspecified atom stereocenters. The standard InChI is InChI=1S/C16H17ClO4S/c17-14-3-7-16(8-4-14)21-11-10-20-15-5-1-13(2-6-15)9-12-22(18)19/h1-8H,9-12H2,(H,18,19). The highest BCUT2D eigenvalue weighted by Crippen LogP contribution is 2.16. The Morgan fingerprint density at radius 3 is 1.91 bits per heavy atom. The lowest BCUT2D eigenvalue weighted by Crippen LogP contribution is -2.09. The van der Waals surface area contributed by atoms with Crippen LogP contribution in [-0.2, 0) is 17.5 Å². The van der Waals surface area contributed by atoms with Gasteiger partial charge in [-0.15, -0.1) is 0 Å². The molecule has 0 aliphatic heterocycles. The molecule has 22 heavy (non-hydrogen) atoms. The summed E-state index contributed by atoms with van der Waals surface area (Å²) < 4.78 is 30.5. The van der Waals surface area contributed by atoms with Gasteiger partial charge < -0.3 is 14.0 Å². The monoisotopic (exact) mass is 340 g/mol. The summed E-state index contributed by atoms with van der Waals surface area (Å²) in [5, 5.41) is 0.675. The van der Waals surface area contributed by atoms with Gasteiger partial charge in [0, 0.05) is 5.02 Å². The molecule has 0 aliphatic carbocycles. The van der Waals surface area contributed by atoms with Crippen LogP contribution in [0.5, 0.6) is 11.5 Å². The largest absolute Gasteiger partial charge is 0.490 e. The van der Waals surface area contributed by atoms with Crippen molar-refractivity contribution in [3.8, 4) is 11.5 Å². The zero-order chi connectivity index (χ0) is 15.8. The Bertz CT molecular complexity index is 599. The molecule has 2 aromatic rings. The fourth-order valence-corrected chi connectivity index (χ4v) is 2.34. The predicted molar refractivity (Wildman–Crippen MR) is 88.2 cm³/mol. The van der Waals surface area contributed by atoms with E-state index in [1.807, 2.05) is 36.4 Å². The Kier molecular flexibility index (Phi) is 6.71. The van der Waals surface area contributed by atoms with E-state index in [4.69, 9.17) is 25.6 Å². The minimum Gasteiger partial charge on any atom is -0.490 e. The first kappa shape index (κ1) is 16.8. The van der Waals surface area contributed by atoms with Crippen molar-refractivity contribution >= 4 is 22.7 Å². The van der Waals surface area contributed by atoms with Gasteiger partial charge in [0.1, 0.15) is 24.7 Å². The van der Waals surface area contributed by atoms with Gasteiger partial charge in [-0.1, -0.05) is 23.7 Å². The van der Waals surface area contributed by atoms with Crippen LogP contribution in [0.2, 0.25) is 5.02 Å². The molecule has 2 rings (SSSR count). The maximum Gasteiger partial charge on any atom is 0.153 e. The third-order valence-electron chi connectivity index (χ3n) is 2.92. The molecule has 0 radical (unpaired) electrons. The molecule has 0 amide bonds. The number of hydrogen-bond donors (Lipinski definition) is 1. The van der Waals surface area contributed by atoms with Crippen molar-refractivity contribution in [1.29, 1.82) is 0 Å². The number of hydrogen-bond acceptors (Lipinski definition) is 3. The van der Waals surface area contributed by atoms with Gasteiger partial charge in [0.25, 0.3) is 0 Å². The summed E-state index contributed by atoms with van der Waals surface area (Å²) in [7, 11) is 0. The van der Waals surface area contributed by atoms with Crippen molar-refractivity contribution in [1.82, 2.24) is 0 Å². The van der Waals surface area contributed by atoms with Gasteiger partial charge in [-0.25, -0.2) is 4.21 Å². The average Bonchev–Trinajstić information content (AvgIpc) is 2.52. The first-order chi connectivity index (χ1) is 10.6. The first-order valence-corrected chi connectivity index (χ1v) is 8.46. The topological polar surface area (TPSA) is 55.8 Å². The van der Waals surface area contributed by atoms with Crippen LogP contribution in [0, 0.1) is 0 Å². The molecular formula is C16H17ClO4S. The Morgan fingerprint density at radius 2 is 1.41 bits per heavy atom. The molecule has 0 saturated carbocycles. The van der Waals surface area contributed by atoms with E-state index in [0.717, 1.165) is 17.1 Å². The summed E-state index contributed by atoms with van der Waals surface area (Å²) in [6.07, 6.45) is 0.572. The zero-order valence-corrected chi connectivity index (χ0v) is 13.5. The number of aryl methyl sites for hydroxylation is 1. The van der Waals surface area contributed by atoms with E-state index in [1.165, 1.54) is 0 Å². The molecule has 0 spiro atoms. The van der Waals surface area contributed by atoms with Gasteiger partial charge in [0.2, 0.25) is 0 Å². The molecule has 1 N–H and O–H groups in total. The van der Waals surface area contributed by atoms with E-state index < -0.39 is 11.1 Å². The Morgan fingerprint density at radius 1 is 0.909 bits per heavy atom. The second kappa shape index (κ2) is 8.78. The number of ether oxygens (including phenoxy) is 2. The van der Waals surface area contributed by atoms with E-state index in [-0.39, 0.29) is 5.75 Å². The van der Waals surface area contributed by atoms with Gasteiger partial charge in [-0.3, -0.25) is 0 Å². The molecule has 2 aromatic carbocycles. The van der Waals surface area contributed by atoms with Crippen molar-refractivity contribution in [3.05, 3.63) is 59.1 Å². The van der Waals surface area contributed by atoms with Crippen LogP contribution in [0.1, 0.15) is 5.56 Å². The van der Waals surface area contributed by atoms with Crippen LogP contribution >= 0.6 is 11.6 Å². The summed E-state index contributed by atoms with van der Waals surface area (Å²) in [6.45, 7) is 0.871. The average molecular weight is 341 g/mol. The third-order valence-corrected chi connectivity index (χ3v) is 3.73. The zero-order valence-electron chi connectivity index (χ0n) is 11.9. The van der Waals surface area contributed by atoms with Gasteiger partial charge in [0.15, 0.2) is 11.1 Å². The van der Waals surface area contributed by atoms with E-state index in [0.29, 0.717) is 24.7 Å². The lowest BCUT2D eigenvalue weighted by Gasteiger charge is -2.09. The van der Waals surface area contributed by atoms with Gasteiger partial charge >= 0.3 is 0 Å². The van der Waals surface area contributed by atoms with Gasteiger partial charge in [-0.2, -0.15) is 0 Å². The molecule has 1 atom stereocenters. The molecule has 4 nitrogen and oxygen atoms in total. The predicted octanol–water partition coefficient (Wildman–Crippen LogP) is 3.56. The number of benzene rings is 2. The quantitative estimate of drug-likeness (QED) is 0.589. The van der Waals surface area contributed by atoms with Crippen LogP contribution in [-0.4, -0.2) is 27.7 Å².